The van der Waals surface area contributed by atoms with Gasteiger partial charge in [-0.1, -0.05) is 31.5 Å². The fourth-order valence-corrected chi connectivity index (χ4v) is 3.98. The minimum absolute atomic E-state index is 0.0269. The Morgan fingerprint density at radius 3 is 2.81 bits per heavy atom. The van der Waals surface area contributed by atoms with Gasteiger partial charge in [-0.25, -0.2) is 0 Å². The fraction of sp³-hybridized carbons (Fsp3) is 0.647. The molecule has 1 aromatic rings. The quantitative estimate of drug-likeness (QED) is 0.917. The van der Waals surface area contributed by atoms with E-state index in [1.54, 1.807) is 0 Å². The van der Waals surface area contributed by atoms with Crippen LogP contribution in [0.25, 0.3) is 0 Å². The van der Waals surface area contributed by atoms with Crippen LogP contribution < -0.4 is 10.5 Å². The van der Waals surface area contributed by atoms with Gasteiger partial charge in [0.05, 0.1) is 5.60 Å². The van der Waals surface area contributed by atoms with Crippen molar-refractivity contribution >= 4 is 11.6 Å². The van der Waals surface area contributed by atoms with Gasteiger partial charge in [-0.05, 0) is 37.8 Å². The molecule has 0 amide bonds. The van der Waals surface area contributed by atoms with E-state index in [1.807, 2.05) is 18.2 Å². The standard InChI is InChI=1S/C17H24ClNO2/c1-11(2)17-8-7-16(3,21-17)15(9-17)20-14-6-4-5-13(18)12(14)10-19/h4-6,11,15H,7-10,19H2,1-3H3/t15-,16+,17-/m0/s1. The molecule has 21 heavy (non-hydrogen) atoms. The molecule has 2 fully saturated rings. The minimum Gasteiger partial charge on any atom is -0.487 e. The number of halogens is 1. The van der Waals surface area contributed by atoms with Crippen LogP contribution in [-0.4, -0.2) is 17.3 Å². The molecule has 2 aliphatic rings. The number of hydrogen-bond donors (Lipinski definition) is 1. The number of hydrogen-bond acceptors (Lipinski definition) is 3. The molecule has 4 heteroatoms. The monoisotopic (exact) mass is 309 g/mol. The Morgan fingerprint density at radius 2 is 2.19 bits per heavy atom. The molecule has 1 aromatic carbocycles. The molecular weight excluding hydrogens is 286 g/mol. The minimum atomic E-state index is -0.196. The van der Waals surface area contributed by atoms with E-state index in [9.17, 15) is 0 Å². The Hall–Kier alpha value is -0.770. The number of fused-ring (bicyclic) bond motifs is 2. The van der Waals surface area contributed by atoms with Crippen molar-refractivity contribution in [2.45, 2.75) is 63.9 Å². The first-order chi connectivity index (χ1) is 9.90. The summed E-state index contributed by atoms with van der Waals surface area (Å²) < 4.78 is 12.7. The van der Waals surface area contributed by atoms with Gasteiger partial charge in [-0.3, -0.25) is 0 Å². The van der Waals surface area contributed by atoms with Gasteiger partial charge in [0.2, 0.25) is 0 Å². The molecular formula is C17H24ClNO2. The first-order valence-corrected chi connectivity index (χ1v) is 8.12. The molecule has 2 heterocycles. The van der Waals surface area contributed by atoms with Gasteiger partial charge in [-0.2, -0.15) is 0 Å². The second kappa shape index (κ2) is 5.15. The van der Waals surface area contributed by atoms with Crippen molar-refractivity contribution in [3.8, 4) is 5.75 Å². The summed E-state index contributed by atoms with van der Waals surface area (Å²) in [6.45, 7) is 7.02. The van der Waals surface area contributed by atoms with Crippen molar-refractivity contribution in [1.82, 2.24) is 0 Å². The maximum absolute atomic E-state index is 6.41. The van der Waals surface area contributed by atoms with Gasteiger partial charge < -0.3 is 15.2 Å². The van der Waals surface area contributed by atoms with E-state index >= 15 is 0 Å². The summed E-state index contributed by atoms with van der Waals surface area (Å²) >= 11 is 6.22. The van der Waals surface area contributed by atoms with Gasteiger partial charge in [0, 0.05) is 23.6 Å². The van der Waals surface area contributed by atoms with E-state index in [-0.39, 0.29) is 17.3 Å². The topological polar surface area (TPSA) is 44.5 Å². The second-order valence-electron chi connectivity index (χ2n) is 6.87. The normalized spacial score (nSPS) is 34.7. The summed E-state index contributed by atoms with van der Waals surface area (Å²) in [5.74, 6) is 1.30. The summed E-state index contributed by atoms with van der Waals surface area (Å²) in [5, 5.41) is 0.669. The second-order valence-corrected chi connectivity index (χ2v) is 7.27. The van der Waals surface area contributed by atoms with Crippen LogP contribution in [0.1, 0.15) is 45.6 Å². The van der Waals surface area contributed by atoms with E-state index in [4.69, 9.17) is 26.8 Å². The van der Waals surface area contributed by atoms with Gasteiger partial charge in [0.15, 0.2) is 0 Å². The smallest absolute Gasteiger partial charge is 0.130 e. The zero-order valence-electron chi connectivity index (χ0n) is 13.0. The van der Waals surface area contributed by atoms with E-state index in [0.717, 1.165) is 30.6 Å². The molecule has 2 bridgehead atoms. The molecule has 0 aromatic heterocycles. The largest absolute Gasteiger partial charge is 0.487 e. The van der Waals surface area contributed by atoms with E-state index < -0.39 is 0 Å². The maximum atomic E-state index is 6.41. The molecule has 3 nitrogen and oxygen atoms in total. The van der Waals surface area contributed by atoms with Crippen molar-refractivity contribution in [2.75, 3.05) is 0 Å². The van der Waals surface area contributed by atoms with Crippen LogP contribution in [0.4, 0.5) is 0 Å². The maximum Gasteiger partial charge on any atom is 0.130 e. The van der Waals surface area contributed by atoms with Crippen molar-refractivity contribution in [2.24, 2.45) is 11.7 Å². The van der Waals surface area contributed by atoms with Crippen LogP contribution in [0.3, 0.4) is 0 Å². The predicted molar refractivity (Wildman–Crippen MR) is 84.7 cm³/mol. The van der Waals surface area contributed by atoms with Crippen LogP contribution in [0.2, 0.25) is 5.02 Å². The molecule has 0 unspecified atom stereocenters. The highest BCUT2D eigenvalue weighted by Crippen LogP contribution is 2.55. The molecule has 0 aliphatic carbocycles. The Morgan fingerprint density at radius 1 is 1.43 bits per heavy atom. The molecule has 0 radical (unpaired) electrons. The van der Waals surface area contributed by atoms with Gasteiger partial charge in [0.25, 0.3) is 0 Å². The van der Waals surface area contributed by atoms with Crippen LogP contribution >= 0.6 is 11.6 Å². The third-order valence-electron chi connectivity index (χ3n) is 5.29. The van der Waals surface area contributed by atoms with Crippen molar-refractivity contribution in [3.63, 3.8) is 0 Å². The van der Waals surface area contributed by atoms with Crippen LogP contribution in [0, 0.1) is 5.92 Å². The van der Waals surface area contributed by atoms with E-state index in [1.165, 1.54) is 0 Å². The molecule has 116 valence electrons. The van der Waals surface area contributed by atoms with Crippen molar-refractivity contribution in [3.05, 3.63) is 28.8 Å². The van der Waals surface area contributed by atoms with Gasteiger partial charge in [0.1, 0.15) is 17.5 Å². The first kappa shape index (κ1) is 15.1. The third-order valence-corrected chi connectivity index (χ3v) is 5.65. The average Bonchev–Trinajstić information content (AvgIpc) is 2.91. The van der Waals surface area contributed by atoms with Crippen LogP contribution in [-0.2, 0) is 11.3 Å². The number of nitrogens with two attached hydrogens (primary N) is 1. The van der Waals surface area contributed by atoms with Crippen LogP contribution in [0.5, 0.6) is 5.75 Å². The number of benzene rings is 1. The molecule has 3 rings (SSSR count). The fourth-order valence-electron chi connectivity index (χ4n) is 3.74. The zero-order chi connectivity index (χ0) is 15.3. The van der Waals surface area contributed by atoms with E-state index in [0.29, 0.717) is 17.5 Å². The summed E-state index contributed by atoms with van der Waals surface area (Å²) in [7, 11) is 0. The van der Waals surface area contributed by atoms with E-state index in [2.05, 4.69) is 20.8 Å². The summed E-state index contributed by atoms with van der Waals surface area (Å²) in [5.41, 5.74) is 6.47. The van der Waals surface area contributed by atoms with Crippen molar-refractivity contribution in [1.29, 1.82) is 0 Å². The van der Waals surface area contributed by atoms with Gasteiger partial charge in [-0.15, -0.1) is 0 Å². The molecule has 0 saturated carbocycles. The molecule has 2 N–H and O–H groups in total. The van der Waals surface area contributed by atoms with Crippen LogP contribution in [0.15, 0.2) is 18.2 Å². The molecule has 0 spiro atoms. The Balaban J connectivity index is 1.86. The predicted octanol–water partition coefficient (Wildman–Crippen LogP) is 3.91. The zero-order valence-corrected chi connectivity index (χ0v) is 13.7. The lowest BCUT2D eigenvalue weighted by Gasteiger charge is -2.32. The van der Waals surface area contributed by atoms with Crippen molar-refractivity contribution < 1.29 is 9.47 Å². The van der Waals surface area contributed by atoms with Gasteiger partial charge >= 0.3 is 0 Å². The molecule has 2 saturated heterocycles. The summed E-state index contributed by atoms with van der Waals surface area (Å²) in [6.07, 6.45) is 3.18. The SMILES string of the molecule is CC(C)[C@@]12CC[C@@](C)(O1)[C@@H](Oc1cccc(Cl)c1CN)C2. The highest BCUT2D eigenvalue weighted by Gasteiger charge is 2.61. The molecule has 3 atom stereocenters. The lowest BCUT2D eigenvalue weighted by molar-refractivity contribution is -0.0770. The first-order valence-electron chi connectivity index (χ1n) is 7.74. The lowest BCUT2D eigenvalue weighted by atomic mass is 9.75. The summed E-state index contributed by atoms with van der Waals surface area (Å²) in [4.78, 5) is 0. The Bertz CT molecular complexity index is 548. The highest BCUT2D eigenvalue weighted by atomic mass is 35.5. The average molecular weight is 310 g/mol. The lowest BCUT2D eigenvalue weighted by Crippen LogP contribution is -2.40. The molecule has 2 aliphatic heterocycles. The number of ether oxygens (including phenoxy) is 2. The third kappa shape index (κ3) is 2.36. The Kier molecular flexibility index (Phi) is 3.71. The highest BCUT2D eigenvalue weighted by molar-refractivity contribution is 6.31. The summed E-state index contributed by atoms with van der Waals surface area (Å²) in [6, 6.07) is 5.71. The Labute approximate surface area is 131 Å². The number of rotatable bonds is 4.